The molecular weight excluding hydrogens is 618 g/mol. The van der Waals surface area contributed by atoms with E-state index in [4.69, 9.17) is 25.5 Å². The molecule has 14 nitrogen and oxygen atoms in total. The van der Waals surface area contributed by atoms with Gasteiger partial charge in [0.1, 0.15) is 35.4 Å². The summed E-state index contributed by atoms with van der Waals surface area (Å²) >= 11 is 0. The third kappa shape index (κ3) is 7.03. The van der Waals surface area contributed by atoms with Gasteiger partial charge in [0.05, 0.1) is 17.0 Å². The molecule has 4 heterocycles. The molecule has 4 aromatic heterocycles. The third-order valence-corrected chi connectivity index (χ3v) is 7.21. The van der Waals surface area contributed by atoms with E-state index in [0.717, 1.165) is 28.6 Å². The Balaban J connectivity index is 0.000000503. The summed E-state index contributed by atoms with van der Waals surface area (Å²) in [5.41, 5.74) is 10.2. The average Bonchev–Trinajstić information content (AvgIpc) is 3.45. The lowest BCUT2D eigenvalue weighted by Crippen LogP contribution is -2.15. The van der Waals surface area contributed by atoms with Crippen LogP contribution in [-0.4, -0.2) is 71.0 Å². The Bertz CT molecular complexity index is 2230. The average molecular weight is 650 g/mol. The summed E-state index contributed by atoms with van der Waals surface area (Å²) in [4.78, 5) is 47.2. The lowest BCUT2D eigenvalue weighted by molar-refractivity contribution is -0.134. The zero-order valence-corrected chi connectivity index (χ0v) is 26.1. The Labute approximate surface area is 273 Å². The molecule has 244 valence electrons. The second kappa shape index (κ2) is 13.9. The third-order valence-electron chi connectivity index (χ3n) is 7.21. The summed E-state index contributed by atoms with van der Waals surface area (Å²) in [7, 11) is 4.04. The van der Waals surface area contributed by atoms with Crippen LogP contribution in [0.2, 0.25) is 0 Å². The molecule has 6 rings (SSSR count). The van der Waals surface area contributed by atoms with Crippen molar-refractivity contribution in [1.29, 1.82) is 0 Å². The van der Waals surface area contributed by atoms with Crippen LogP contribution in [0.4, 0.5) is 5.82 Å². The second-order valence-electron chi connectivity index (χ2n) is 11.0. The molecule has 0 bridgehead atoms. The van der Waals surface area contributed by atoms with Gasteiger partial charge in [0, 0.05) is 41.4 Å². The number of carboxylic acid groups (broad SMARTS) is 2. The molecule has 0 unspecified atom stereocenters. The smallest absolute Gasteiger partial charge is 0.343 e. The molecule has 0 aliphatic carbocycles. The van der Waals surface area contributed by atoms with Crippen molar-refractivity contribution in [2.45, 2.75) is 19.5 Å². The summed E-state index contributed by atoms with van der Waals surface area (Å²) < 4.78 is 7.75. The molecule has 48 heavy (non-hydrogen) atoms. The number of aromatic hydroxyl groups is 1. The molecule has 5 N–H and O–H groups in total. The number of nitrogens with two attached hydrogens (primary N) is 1. The highest BCUT2D eigenvalue weighted by Crippen LogP contribution is 2.38. The molecule has 1 atom stereocenters. The van der Waals surface area contributed by atoms with Crippen LogP contribution >= 0.6 is 0 Å². The SMILES string of the molecule is C[C@@H](c1oc(=O)c2ccccc2c1-c1cccc(CN(C)C)c1)n1nc(-c2cncc(O)c2)c2c(N)ncnc21.O=C(O)/C=C\C(=O)O. The van der Waals surface area contributed by atoms with Crippen LogP contribution in [0.15, 0.2) is 94.7 Å². The first-order chi connectivity index (χ1) is 22.9. The van der Waals surface area contributed by atoms with Crippen LogP contribution in [0.3, 0.4) is 0 Å². The minimum absolute atomic E-state index is 0.0101. The minimum Gasteiger partial charge on any atom is -0.506 e. The van der Waals surface area contributed by atoms with Gasteiger partial charge in [-0.25, -0.2) is 29.0 Å². The molecule has 0 radical (unpaired) electrons. The Morgan fingerprint density at radius 3 is 2.35 bits per heavy atom. The highest BCUT2D eigenvalue weighted by Gasteiger charge is 2.27. The monoisotopic (exact) mass is 649 g/mol. The van der Waals surface area contributed by atoms with E-state index >= 15 is 0 Å². The summed E-state index contributed by atoms with van der Waals surface area (Å²) in [6.45, 7) is 2.66. The maximum absolute atomic E-state index is 13.2. The van der Waals surface area contributed by atoms with Gasteiger partial charge in [-0.15, -0.1) is 0 Å². The molecule has 0 saturated carbocycles. The van der Waals surface area contributed by atoms with Gasteiger partial charge < -0.3 is 30.4 Å². The largest absolute Gasteiger partial charge is 0.506 e. The van der Waals surface area contributed by atoms with Crippen molar-refractivity contribution in [3.8, 4) is 28.1 Å². The Kier molecular flexibility index (Phi) is 9.56. The van der Waals surface area contributed by atoms with E-state index in [9.17, 15) is 19.5 Å². The maximum Gasteiger partial charge on any atom is 0.343 e. The maximum atomic E-state index is 13.2. The fourth-order valence-electron chi connectivity index (χ4n) is 5.28. The number of benzene rings is 2. The lowest BCUT2D eigenvalue weighted by atomic mass is 9.94. The molecule has 14 heteroatoms. The molecule has 0 saturated heterocycles. The van der Waals surface area contributed by atoms with Crippen molar-refractivity contribution < 1.29 is 29.3 Å². The predicted molar refractivity (Wildman–Crippen MR) is 178 cm³/mol. The Hall–Kier alpha value is -6.41. The van der Waals surface area contributed by atoms with Crippen molar-refractivity contribution in [2.75, 3.05) is 19.8 Å². The van der Waals surface area contributed by atoms with E-state index in [2.05, 4.69) is 32.0 Å². The molecular formula is C34H31N7O7. The van der Waals surface area contributed by atoms with Gasteiger partial charge in [0.15, 0.2) is 5.65 Å². The summed E-state index contributed by atoms with van der Waals surface area (Å²) in [6.07, 6.45) is 5.41. The van der Waals surface area contributed by atoms with Crippen LogP contribution < -0.4 is 11.4 Å². The van der Waals surface area contributed by atoms with Gasteiger partial charge in [0.25, 0.3) is 0 Å². The highest BCUT2D eigenvalue weighted by atomic mass is 16.4. The van der Waals surface area contributed by atoms with Crippen molar-refractivity contribution in [3.63, 3.8) is 0 Å². The van der Waals surface area contributed by atoms with Crippen LogP contribution in [0.5, 0.6) is 5.75 Å². The van der Waals surface area contributed by atoms with Gasteiger partial charge in [0.2, 0.25) is 0 Å². The summed E-state index contributed by atoms with van der Waals surface area (Å²) in [5, 5.41) is 32.3. The van der Waals surface area contributed by atoms with Crippen molar-refractivity contribution >= 4 is 39.6 Å². The van der Waals surface area contributed by atoms with E-state index < -0.39 is 23.6 Å². The number of rotatable bonds is 8. The number of nitrogen functional groups attached to an aromatic ring is 1. The predicted octanol–water partition coefficient (Wildman–Crippen LogP) is 4.33. The molecule has 6 aromatic rings. The number of carboxylic acids is 2. The van der Waals surface area contributed by atoms with E-state index in [1.54, 1.807) is 23.0 Å². The lowest BCUT2D eigenvalue weighted by Gasteiger charge is -2.19. The first-order valence-corrected chi connectivity index (χ1v) is 14.5. The topological polar surface area (TPSA) is 211 Å². The number of hydrogen-bond donors (Lipinski definition) is 4. The van der Waals surface area contributed by atoms with Crippen LogP contribution in [0.25, 0.3) is 44.2 Å². The Morgan fingerprint density at radius 1 is 0.979 bits per heavy atom. The molecule has 0 amide bonds. The van der Waals surface area contributed by atoms with Crippen LogP contribution in [0.1, 0.15) is 24.3 Å². The number of fused-ring (bicyclic) bond motifs is 2. The van der Waals surface area contributed by atoms with Gasteiger partial charge in [-0.05, 0) is 50.3 Å². The van der Waals surface area contributed by atoms with Gasteiger partial charge >= 0.3 is 17.6 Å². The molecule has 0 aliphatic rings. The zero-order valence-electron chi connectivity index (χ0n) is 26.1. The fraction of sp³-hybridized carbons (Fsp3) is 0.147. The van der Waals surface area contributed by atoms with Gasteiger partial charge in [-0.2, -0.15) is 5.10 Å². The van der Waals surface area contributed by atoms with Crippen molar-refractivity contribution in [3.05, 3.63) is 107 Å². The number of carbonyl (C=O) groups is 2. The van der Waals surface area contributed by atoms with E-state index in [0.29, 0.717) is 45.6 Å². The molecule has 0 aliphatic heterocycles. The molecule has 0 spiro atoms. The van der Waals surface area contributed by atoms with E-state index in [1.807, 2.05) is 51.4 Å². The number of pyridine rings is 1. The number of hydrogen-bond acceptors (Lipinski definition) is 11. The minimum atomic E-state index is -1.26. The normalized spacial score (nSPS) is 11.9. The number of aliphatic carboxylic acids is 2. The first-order valence-electron chi connectivity index (χ1n) is 14.5. The number of aromatic nitrogens is 5. The summed E-state index contributed by atoms with van der Waals surface area (Å²) in [6, 6.07) is 16.6. The summed E-state index contributed by atoms with van der Waals surface area (Å²) in [5.74, 6) is -1.85. The van der Waals surface area contributed by atoms with Crippen molar-refractivity contribution in [1.82, 2.24) is 29.6 Å². The number of nitrogens with zero attached hydrogens (tertiary/aromatic N) is 6. The fourth-order valence-corrected chi connectivity index (χ4v) is 5.28. The second-order valence-corrected chi connectivity index (χ2v) is 11.0. The van der Waals surface area contributed by atoms with Gasteiger partial charge in [-0.1, -0.05) is 36.4 Å². The number of anilines is 1. The van der Waals surface area contributed by atoms with E-state index in [1.165, 1.54) is 12.5 Å². The molecule has 0 fully saturated rings. The van der Waals surface area contributed by atoms with E-state index in [-0.39, 0.29) is 11.6 Å². The van der Waals surface area contributed by atoms with Crippen LogP contribution in [-0.2, 0) is 16.1 Å². The quantitative estimate of drug-likeness (QED) is 0.169. The van der Waals surface area contributed by atoms with Crippen molar-refractivity contribution in [2.24, 2.45) is 0 Å². The first kappa shape index (κ1) is 33.0. The molecule has 2 aromatic carbocycles. The van der Waals surface area contributed by atoms with Gasteiger partial charge in [-0.3, -0.25) is 4.98 Å². The highest BCUT2D eigenvalue weighted by molar-refractivity contribution is 5.99. The Morgan fingerprint density at radius 2 is 1.69 bits per heavy atom. The van der Waals surface area contributed by atoms with Crippen LogP contribution in [0, 0.1) is 0 Å². The zero-order chi connectivity index (χ0) is 34.5. The standard InChI is InChI=1S/C30H27N7O3.C4H4O4/c1-17(37-29-25(28(31)33-16-34-29)26(35-37)20-12-21(38)14-32-13-20)27-24(19-8-6-7-18(11-19)15-36(2)3)22-9-4-5-10-23(22)30(39)40-27;5-3(6)1-2-4(7)8/h4-14,16-17,38H,15H2,1-3H3,(H2,31,33,34);1-2H,(H,5,6)(H,7,8)/b;2-1-/t17-;/m0./s1.